The molecule has 172 valence electrons. The summed E-state index contributed by atoms with van der Waals surface area (Å²) in [5.74, 6) is 0.489. The molecule has 2 N–H and O–H groups in total. The van der Waals surface area contributed by atoms with Gasteiger partial charge in [-0.25, -0.2) is 4.57 Å². The third kappa shape index (κ3) is 8.67. The van der Waals surface area contributed by atoms with Crippen LogP contribution in [0.15, 0.2) is 12.1 Å². The number of benzene rings is 1. The van der Waals surface area contributed by atoms with E-state index < -0.39 is 18.3 Å². The van der Waals surface area contributed by atoms with Crippen LogP contribution in [0, 0.1) is 19.3 Å². The minimum atomic E-state index is -3.66. The molecular weight excluding hydrogens is 431 g/mol. The topological polar surface area (TPSA) is 112 Å². The van der Waals surface area contributed by atoms with E-state index in [1.807, 2.05) is 26.0 Å². The second kappa shape index (κ2) is 12.2. The van der Waals surface area contributed by atoms with E-state index in [1.54, 1.807) is 20.8 Å². The summed E-state index contributed by atoms with van der Waals surface area (Å²) in [5.41, 5.74) is 1.78. The standard InChI is InChI=1S/C20H33O8PS/c1-14-9-16(10-15(2)18(14)27-19(23)20(3,4)5)13-30-29(24,26-8-7-21)28-17(11-22)12-25-6/h9-10,17,21-22H,7-8,11-13H2,1-6H3. The van der Waals surface area contributed by atoms with Crippen LogP contribution in [-0.2, 0) is 28.9 Å². The summed E-state index contributed by atoms with van der Waals surface area (Å²) in [6.07, 6.45) is -0.810. The predicted octanol–water partition coefficient (Wildman–Crippen LogP) is 3.63. The maximum atomic E-state index is 13.1. The molecule has 0 saturated carbocycles. The second-order valence-corrected chi connectivity index (χ2v) is 11.9. The number of ether oxygens (including phenoxy) is 2. The molecule has 0 radical (unpaired) electrons. The van der Waals surface area contributed by atoms with E-state index >= 15 is 0 Å². The smallest absolute Gasteiger partial charge is 0.389 e. The maximum Gasteiger partial charge on any atom is 0.389 e. The molecule has 0 heterocycles. The van der Waals surface area contributed by atoms with Crippen LogP contribution < -0.4 is 4.74 Å². The molecule has 8 nitrogen and oxygen atoms in total. The summed E-state index contributed by atoms with van der Waals surface area (Å²) < 4.78 is 34.3. The number of aryl methyl sites for hydroxylation is 2. The Morgan fingerprint density at radius 2 is 1.80 bits per heavy atom. The third-order valence-corrected chi connectivity index (χ3v) is 7.64. The van der Waals surface area contributed by atoms with Gasteiger partial charge in [-0.1, -0.05) is 12.1 Å². The summed E-state index contributed by atoms with van der Waals surface area (Å²) in [4.78, 5) is 12.2. The highest BCUT2D eigenvalue weighted by Crippen LogP contribution is 2.62. The molecule has 0 saturated heterocycles. The van der Waals surface area contributed by atoms with Crippen molar-refractivity contribution in [2.75, 3.05) is 33.5 Å². The van der Waals surface area contributed by atoms with Crippen LogP contribution in [0.25, 0.3) is 0 Å². The number of esters is 1. The van der Waals surface area contributed by atoms with Crippen LogP contribution in [-0.4, -0.2) is 55.8 Å². The maximum absolute atomic E-state index is 13.1. The fraction of sp³-hybridized carbons (Fsp3) is 0.650. The molecule has 1 rings (SSSR count). The zero-order valence-corrected chi connectivity index (χ0v) is 20.2. The molecule has 1 aromatic rings. The summed E-state index contributed by atoms with van der Waals surface area (Å²) in [6, 6.07) is 3.70. The number of hydrogen-bond acceptors (Lipinski definition) is 9. The third-order valence-electron chi connectivity index (χ3n) is 3.89. The van der Waals surface area contributed by atoms with Gasteiger partial charge in [-0.3, -0.25) is 13.8 Å². The van der Waals surface area contributed by atoms with Crippen LogP contribution >= 0.6 is 18.2 Å². The Hall–Kier alpha value is -0.930. The Labute approximate surface area is 182 Å². The van der Waals surface area contributed by atoms with Gasteiger partial charge in [0.2, 0.25) is 0 Å². The number of aliphatic hydroxyl groups is 2. The van der Waals surface area contributed by atoms with Crippen LogP contribution in [0.5, 0.6) is 5.75 Å². The van der Waals surface area contributed by atoms with Crippen molar-refractivity contribution in [2.24, 2.45) is 5.41 Å². The minimum absolute atomic E-state index is 0.0512. The molecule has 1 aromatic carbocycles. The van der Waals surface area contributed by atoms with E-state index in [0.29, 0.717) is 11.5 Å². The normalized spacial score (nSPS) is 14.9. The molecule has 0 aromatic heterocycles. The molecule has 2 unspecified atom stereocenters. The monoisotopic (exact) mass is 464 g/mol. The van der Waals surface area contributed by atoms with Crippen molar-refractivity contribution in [1.82, 2.24) is 0 Å². The van der Waals surface area contributed by atoms with Gasteiger partial charge in [-0.15, -0.1) is 0 Å². The van der Waals surface area contributed by atoms with Crippen molar-refractivity contribution >= 4 is 24.1 Å². The lowest BCUT2D eigenvalue weighted by Gasteiger charge is -2.23. The van der Waals surface area contributed by atoms with E-state index in [0.717, 1.165) is 28.1 Å². The van der Waals surface area contributed by atoms with Crippen molar-refractivity contribution in [3.8, 4) is 5.75 Å². The zero-order valence-electron chi connectivity index (χ0n) is 18.5. The zero-order chi connectivity index (χ0) is 22.9. The van der Waals surface area contributed by atoms with E-state index in [4.69, 9.17) is 23.6 Å². The molecule has 2 atom stereocenters. The number of rotatable bonds is 12. The number of hydrogen-bond donors (Lipinski definition) is 2. The Morgan fingerprint density at radius 3 is 2.27 bits per heavy atom. The number of aliphatic hydroxyl groups excluding tert-OH is 2. The SMILES string of the molecule is COCC(CO)OP(=O)(OCCO)SCc1cc(C)c(OC(=O)C(C)(C)C)c(C)c1. The van der Waals surface area contributed by atoms with Crippen molar-refractivity contribution in [3.05, 3.63) is 28.8 Å². The molecule has 0 fully saturated rings. The Bertz CT molecular complexity index is 724. The Kier molecular flexibility index (Phi) is 11.0. The van der Waals surface area contributed by atoms with Gasteiger partial charge >= 0.3 is 12.8 Å². The molecule has 10 heteroatoms. The average molecular weight is 465 g/mol. The molecule has 30 heavy (non-hydrogen) atoms. The van der Waals surface area contributed by atoms with Gasteiger partial charge in [0.15, 0.2) is 0 Å². The van der Waals surface area contributed by atoms with Gasteiger partial charge in [0.05, 0.1) is 31.8 Å². The van der Waals surface area contributed by atoms with Crippen molar-refractivity contribution in [1.29, 1.82) is 0 Å². The van der Waals surface area contributed by atoms with Crippen LogP contribution in [0.4, 0.5) is 0 Å². The molecule has 0 aliphatic heterocycles. The van der Waals surface area contributed by atoms with Gasteiger partial charge in [0.25, 0.3) is 0 Å². The first-order valence-corrected chi connectivity index (χ1v) is 12.7. The van der Waals surface area contributed by atoms with Crippen LogP contribution in [0.2, 0.25) is 0 Å². The lowest BCUT2D eigenvalue weighted by Crippen LogP contribution is -2.26. The van der Waals surface area contributed by atoms with Crippen molar-refractivity contribution in [2.45, 2.75) is 46.5 Å². The molecule has 0 aliphatic carbocycles. The fourth-order valence-electron chi connectivity index (χ4n) is 2.42. The highest BCUT2D eigenvalue weighted by atomic mass is 32.7. The molecular formula is C20H33O8PS. The Morgan fingerprint density at radius 1 is 1.20 bits per heavy atom. The minimum Gasteiger partial charge on any atom is -0.426 e. The molecule has 0 spiro atoms. The molecule has 0 aliphatic rings. The van der Waals surface area contributed by atoms with E-state index in [1.165, 1.54) is 7.11 Å². The number of methoxy groups -OCH3 is 1. The van der Waals surface area contributed by atoms with Crippen molar-refractivity contribution in [3.63, 3.8) is 0 Å². The lowest BCUT2D eigenvalue weighted by molar-refractivity contribution is -0.143. The van der Waals surface area contributed by atoms with E-state index in [-0.39, 0.29) is 32.4 Å². The fourth-order valence-corrected chi connectivity index (χ4v) is 5.80. The van der Waals surface area contributed by atoms with Gasteiger partial charge < -0.3 is 19.7 Å². The largest absolute Gasteiger partial charge is 0.426 e. The second-order valence-electron chi connectivity index (χ2n) is 7.84. The molecule has 0 amide bonds. The molecule has 0 bridgehead atoms. The summed E-state index contributed by atoms with van der Waals surface area (Å²) in [6.45, 7) is 4.59. The van der Waals surface area contributed by atoms with E-state index in [2.05, 4.69) is 0 Å². The quantitative estimate of drug-likeness (QED) is 0.272. The number of carbonyl (C=O) groups excluding carboxylic acids is 1. The van der Waals surface area contributed by atoms with Gasteiger partial charge in [0.1, 0.15) is 11.9 Å². The highest BCUT2D eigenvalue weighted by Gasteiger charge is 2.30. The summed E-state index contributed by atoms with van der Waals surface area (Å²) >= 11 is 0.953. The predicted molar refractivity (Wildman–Crippen MR) is 117 cm³/mol. The summed E-state index contributed by atoms with van der Waals surface area (Å²) in [5, 5.41) is 18.4. The first-order valence-electron chi connectivity index (χ1n) is 9.56. The average Bonchev–Trinajstić information content (AvgIpc) is 2.66. The van der Waals surface area contributed by atoms with Gasteiger partial charge in [-0.2, -0.15) is 0 Å². The first-order chi connectivity index (χ1) is 14.0. The highest BCUT2D eigenvalue weighted by molar-refractivity contribution is 8.54. The van der Waals surface area contributed by atoms with Gasteiger partial charge in [-0.05, 0) is 62.7 Å². The Balaban J connectivity index is 2.96. The van der Waals surface area contributed by atoms with E-state index in [9.17, 15) is 14.5 Å². The number of carbonyl (C=O) groups is 1. The summed E-state index contributed by atoms with van der Waals surface area (Å²) in [7, 11) is 1.44. The van der Waals surface area contributed by atoms with Crippen LogP contribution in [0.1, 0.15) is 37.5 Å². The van der Waals surface area contributed by atoms with Gasteiger partial charge in [0, 0.05) is 12.9 Å². The first kappa shape index (κ1) is 27.1. The van der Waals surface area contributed by atoms with Crippen molar-refractivity contribution < 1.29 is 38.1 Å². The van der Waals surface area contributed by atoms with Crippen LogP contribution in [0.3, 0.4) is 0 Å². The lowest BCUT2D eigenvalue weighted by atomic mass is 9.97.